The van der Waals surface area contributed by atoms with Crippen molar-refractivity contribution in [2.24, 2.45) is 11.3 Å². The molecule has 0 aliphatic heterocycles. The summed E-state index contributed by atoms with van der Waals surface area (Å²) in [4.78, 5) is 0. The van der Waals surface area contributed by atoms with Crippen molar-refractivity contribution in [2.45, 2.75) is 52.8 Å². The molecule has 21 heavy (non-hydrogen) atoms. The molecule has 1 aromatic rings. The van der Waals surface area contributed by atoms with Crippen LogP contribution in [0, 0.1) is 11.3 Å². The van der Waals surface area contributed by atoms with Crippen molar-refractivity contribution in [3.05, 3.63) is 35.4 Å². The molecular weight excluding hydrogens is 275 g/mol. The number of likely N-dealkylation sites (N-methyl/N-ethyl adjacent to an activating group) is 1. The molecule has 1 nitrogen and oxygen atoms in total. The van der Waals surface area contributed by atoms with E-state index in [0.29, 0.717) is 12.3 Å². The molecule has 0 saturated heterocycles. The minimum absolute atomic E-state index is 0.183. The summed E-state index contributed by atoms with van der Waals surface area (Å²) in [6, 6.07) is 5.81. The molecule has 120 valence electrons. The summed E-state index contributed by atoms with van der Waals surface area (Å²) in [6.07, 6.45) is -2.72. The quantitative estimate of drug-likeness (QED) is 0.815. The van der Waals surface area contributed by atoms with Gasteiger partial charge in [0.25, 0.3) is 0 Å². The fourth-order valence-electron chi connectivity index (χ4n) is 2.24. The molecule has 0 spiro atoms. The fourth-order valence-corrected chi connectivity index (χ4v) is 2.24. The van der Waals surface area contributed by atoms with Crippen molar-refractivity contribution in [3.8, 4) is 0 Å². The first-order valence-electron chi connectivity index (χ1n) is 7.37. The van der Waals surface area contributed by atoms with Crippen LogP contribution in [0.5, 0.6) is 0 Å². The molecule has 0 aliphatic rings. The third-order valence-corrected chi connectivity index (χ3v) is 4.26. The first-order chi connectivity index (χ1) is 9.54. The zero-order valence-electron chi connectivity index (χ0n) is 13.5. The predicted octanol–water partition coefficient (Wildman–Crippen LogP) is 4.91. The van der Waals surface area contributed by atoms with E-state index < -0.39 is 11.7 Å². The Morgan fingerprint density at radius 3 is 2.24 bits per heavy atom. The molecule has 2 atom stereocenters. The van der Waals surface area contributed by atoms with E-state index in [4.69, 9.17) is 0 Å². The van der Waals surface area contributed by atoms with Gasteiger partial charge in [-0.3, -0.25) is 0 Å². The molecule has 1 rings (SSSR count). The minimum atomic E-state index is -4.27. The Labute approximate surface area is 125 Å². The van der Waals surface area contributed by atoms with Gasteiger partial charge in [0.15, 0.2) is 0 Å². The van der Waals surface area contributed by atoms with Crippen LogP contribution >= 0.6 is 0 Å². The summed E-state index contributed by atoms with van der Waals surface area (Å²) in [5, 5.41) is 3.23. The topological polar surface area (TPSA) is 12.0 Å². The first kappa shape index (κ1) is 18.0. The van der Waals surface area contributed by atoms with E-state index >= 15 is 0 Å². The molecule has 4 heteroatoms. The number of hydrogen-bond donors (Lipinski definition) is 1. The van der Waals surface area contributed by atoms with Gasteiger partial charge >= 0.3 is 6.18 Å². The van der Waals surface area contributed by atoms with Crippen LogP contribution in [0.25, 0.3) is 0 Å². The van der Waals surface area contributed by atoms with E-state index in [2.05, 4.69) is 33.0 Å². The van der Waals surface area contributed by atoms with Crippen LogP contribution in [-0.4, -0.2) is 13.1 Å². The lowest BCUT2D eigenvalue weighted by Crippen LogP contribution is -2.33. The summed E-state index contributed by atoms with van der Waals surface area (Å²) in [5.41, 5.74) is 0.354. The second-order valence-corrected chi connectivity index (χ2v) is 6.89. The third kappa shape index (κ3) is 5.70. The minimum Gasteiger partial charge on any atom is -0.317 e. The SMILES string of the molecule is CNC(Cc1cccc(C(F)(F)F)c1)CC(C)C(C)(C)C. The van der Waals surface area contributed by atoms with Gasteiger partial charge in [-0.2, -0.15) is 13.2 Å². The number of alkyl halides is 3. The van der Waals surface area contributed by atoms with Gasteiger partial charge in [-0.1, -0.05) is 45.9 Å². The van der Waals surface area contributed by atoms with Crippen molar-refractivity contribution in [1.29, 1.82) is 0 Å². The second kappa shape index (κ2) is 6.82. The van der Waals surface area contributed by atoms with Gasteiger partial charge in [0.1, 0.15) is 0 Å². The van der Waals surface area contributed by atoms with Crippen LogP contribution < -0.4 is 5.32 Å². The Morgan fingerprint density at radius 2 is 1.76 bits per heavy atom. The normalized spacial score (nSPS) is 15.8. The highest BCUT2D eigenvalue weighted by molar-refractivity contribution is 5.26. The third-order valence-electron chi connectivity index (χ3n) is 4.26. The van der Waals surface area contributed by atoms with Gasteiger partial charge in [0.2, 0.25) is 0 Å². The lowest BCUT2D eigenvalue weighted by Gasteiger charge is -2.31. The highest BCUT2D eigenvalue weighted by atomic mass is 19.4. The van der Waals surface area contributed by atoms with Crippen LogP contribution in [0.4, 0.5) is 13.2 Å². The number of hydrogen-bond acceptors (Lipinski definition) is 1. The van der Waals surface area contributed by atoms with E-state index in [9.17, 15) is 13.2 Å². The first-order valence-corrected chi connectivity index (χ1v) is 7.37. The maximum absolute atomic E-state index is 12.7. The molecule has 0 radical (unpaired) electrons. The summed E-state index contributed by atoms with van der Waals surface area (Å²) >= 11 is 0. The van der Waals surface area contributed by atoms with Gasteiger partial charge in [0.05, 0.1) is 5.56 Å². The average Bonchev–Trinajstić information content (AvgIpc) is 2.36. The van der Waals surface area contributed by atoms with Gasteiger partial charge < -0.3 is 5.32 Å². The van der Waals surface area contributed by atoms with E-state index in [-0.39, 0.29) is 11.5 Å². The number of benzene rings is 1. The Balaban J connectivity index is 2.78. The van der Waals surface area contributed by atoms with Crippen molar-refractivity contribution in [2.75, 3.05) is 7.05 Å². The van der Waals surface area contributed by atoms with Gasteiger partial charge in [-0.25, -0.2) is 0 Å². The van der Waals surface area contributed by atoms with E-state index in [1.807, 2.05) is 7.05 Å². The van der Waals surface area contributed by atoms with Crippen molar-refractivity contribution >= 4 is 0 Å². The van der Waals surface area contributed by atoms with Crippen LogP contribution in [-0.2, 0) is 12.6 Å². The second-order valence-electron chi connectivity index (χ2n) is 6.89. The largest absolute Gasteiger partial charge is 0.416 e. The lowest BCUT2D eigenvalue weighted by molar-refractivity contribution is -0.137. The molecule has 0 aliphatic carbocycles. The Bertz CT molecular complexity index is 446. The maximum Gasteiger partial charge on any atom is 0.416 e. The Hall–Kier alpha value is -1.03. The van der Waals surface area contributed by atoms with Crippen LogP contribution in [0.3, 0.4) is 0 Å². The van der Waals surface area contributed by atoms with Crippen LogP contribution in [0.2, 0.25) is 0 Å². The number of halogens is 3. The molecule has 1 N–H and O–H groups in total. The van der Waals surface area contributed by atoms with Gasteiger partial charge in [-0.05, 0) is 42.9 Å². The molecule has 0 aromatic heterocycles. The molecule has 0 bridgehead atoms. The molecule has 0 saturated carbocycles. The Kier molecular flexibility index (Phi) is 5.85. The molecule has 0 amide bonds. The van der Waals surface area contributed by atoms with E-state index in [1.54, 1.807) is 6.07 Å². The van der Waals surface area contributed by atoms with Crippen LogP contribution in [0.15, 0.2) is 24.3 Å². The molecular formula is C17H26F3N. The zero-order valence-corrected chi connectivity index (χ0v) is 13.5. The number of nitrogens with one attached hydrogen (secondary N) is 1. The molecule has 0 heterocycles. The highest BCUT2D eigenvalue weighted by Gasteiger charge is 2.30. The summed E-state index contributed by atoms with van der Waals surface area (Å²) in [6.45, 7) is 8.76. The summed E-state index contributed by atoms with van der Waals surface area (Å²) in [7, 11) is 1.87. The van der Waals surface area contributed by atoms with Crippen molar-refractivity contribution in [1.82, 2.24) is 5.32 Å². The number of rotatable bonds is 5. The molecule has 0 fully saturated rings. The summed E-state index contributed by atoms with van der Waals surface area (Å²) in [5.74, 6) is 0.487. The molecule has 1 aromatic carbocycles. The average molecular weight is 301 g/mol. The predicted molar refractivity (Wildman–Crippen MR) is 81.2 cm³/mol. The zero-order chi connectivity index (χ0) is 16.3. The standard InChI is InChI=1S/C17H26F3N/c1-12(16(2,3)4)9-15(21-5)11-13-7-6-8-14(10-13)17(18,19)20/h6-8,10,12,15,21H,9,11H2,1-5H3. The Morgan fingerprint density at radius 1 is 1.14 bits per heavy atom. The fraction of sp³-hybridized carbons (Fsp3) is 0.647. The molecule has 2 unspecified atom stereocenters. The maximum atomic E-state index is 12.7. The van der Waals surface area contributed by atoms with E-state index in [0.717, 1.165) is 18.1 Å². The monoisotopic (exact) mass is 301 g/mol. The lowest BCUT2D eigenvalue weighted by atomic mass is 9.78. The smallest absolute Gasteiger partial charge is 0.317 e. The van der Waals surface area contributed by atoms with Crippen molar-refractivity contribution < 1.29 is 13.2 Å². The van der Waals surface area contributed by atoms with Gasteiger partial charge in [-0.15, -0.1) is 0 Å². The van der Waals surface area contributed by atoms with E-state index in [1.165, 1.54) is 12.1 Å². The van der Waals surface area contributed by atoms with Crippen LogP contribution in [0.1, 0.15) is 45.2 Å². The van der Waals surface area contributed by atoms with Crippen molar-refractivity contribution in [3.63, 3.8) is 0 Å². The summed E-state index contributed by atoms with van der Waals surface area (Å²) < 4.78 is 38.2. The van der Waals surface area contributed by atoms with Gasteiger partial charge in [0, 0.05) is 6.04 Å². The highest BCUT2D eigenvalue weighted by Crippen LogP contribution is 2.31.